The van der Waals surface area contributed by atoms with E-state index in [9.17, 15) is 22.8 Å². The molecule has 1 aliphatic rings. The van der Waals surface area contributed by atoms with Crippen LogP contribution in [0.2, 0.25) is 0 Å². The molecule has 0 bridgehead atoms. The summed E-state index contributed by atoms with van der Waals surface area (Å²) in [5.41, 5.74) is 2.28. The number of alkyl halides is 3. The van der Waals surface area contributed by atoms with Gasteiger partial charge in [-0.3, -0.25) is 9.59 Å². The largest absolute Gasteiger partial charge is 0.416 e. The maximum Gasteiger partial charge on any atom is 0.416 e. The van der Waals surface area contributed by atoms with Gasteiger partial charge < -0.3 is 10.2 Å². The maximum absolute atomic E-state index is 13.0. The molecule has 0 aliphatic carbocycles. The van der Waals surface area contributed by atoms with Crippen LogP contribution in [0.15, 0.2) is 54.7 Å². The average Bonchev–Trinajstić information content (AvgIpc) is 3.17. The molecule has 3 aromatic rings. The van der Waals surface area contributed by atoms with Crippen LogP contribution in [0.4, 0.5) is 13.2 Å². The molecule has 0 radical (unpaired) electrons. The van der Waals surface area contributed by atoms with E-state index in [4.69, 9.17) is 0 Å². The summed E-state index contributed by atoms with van der Waals surface area (Å²) in [6, 6.07) is 12.6. The highest BCUT2D eigenvalue weighted by Crippen LogP contribution is 2.30. The van der Waals surface area contributed by atoms with Gasteiger partial charge in [-0.2, -0.15) is 18.3 Å². The molecule has 2 aromatic carbocycles. The Labute approximate surface area is 182 Å². The molecule has 0 atom stereocenters. The first kappa shape index (κ1) is 21.6. The summed E-state index contributed by atoms with van der Waals surface area (Å²) in [4.78, 5) is 26.9. The molecule has 4 rings (SSSR count). The van der Waals surface area contributed by atoms with Gasteiger partial charge in [0.2, 0.25) is 5.91 Å². The highest BCUT2D eigenvalue weighted by atomic mass is 19.4. The lowest BCUT2D eigenvalue weighted by atomic mass is 10.00. The Hall–Kier alpha value is -3.62. The van der Waals surface area contributed by atoms with Crippen LogP contribution in [0.3, 0.4) is 0 Å². The van der Waals surface area contributed by atoms with Crippen LogP contribution >= 0.6 is 0 Å². The van der Waals surface area contributed by atoms with Crippen molar-refractivity contribution < 1.29 is 22.8 Å². The van der Waals surface area contributed by atoms with Gasteiger partial charge in [-0.15, -0.1) is 0 Å². The topological polar surface area (TPSA) is 67.2 Å². The summed E-state index contributed by atoms with van der Waals surface area (Å²) in [5.74, 6) is -0.706. The van der Waals surface area contributed by atoms with Gasteiger partial charge in [0.25, 0.3) is 5.91 Å². The third-order valence-corrected chi connectivity index (χ3v) is 5.56. The number of hydrogen-bond donors (Lipinski definition) is 1. The molecular weight excluding hydrogens is 421 g/mol. The van der Waals surface area contributed by atoms with Crippen LogP contribution in [0.25, 0.3) is 5.69 Å². The van der Waals surface area contributed by atoms with Crippen molar-refractivity contribution in [3.05, 3.63) is 82.7 Å². The van der Waals surface area contributed by atoms with E-state index in [0.717, 1.165) is 24.1 Å². The molecule has 0 fully saturated rings. The van der Waals surface area contributed by atoms with Gasteiger partial charge in [-0.25, -0.2) is 4.68 Å². The molecule has 1 aromatic heterocycles. The van der Waals surface area contributed by atoms with Gasteiger partial charge in [0.15, 0.2) is 0 Å². The lowest BCUT2D eigenvalue weighted by Crippen LogP contribution is -2.42. The lowest BCUT2D eigenvalue weighted by molar-refractivity contribution is -0.137. The number of aromatic nitrogens is 2. The molecule has 32 heavy (non-hydrogen) atoms. The highest BCUT2D eigenvalue weighted by Gasteiger charge is 2.31. The number of carbonyl (C=O) groups excluding carboxylic acids is 2. The normalized spacial score (nSPS) is 13.6. The monoisotopic (exact) mass is 442 g/mol. The fourth-order valence-corrected chi connectivity index (χ4v) is 3.78. The van der Waals surface area contributed by atoms with Crippen LogP contribution < -0.4 is 5.32 Å². The number of benzene rings is 2. The maximum atomic E-state index is 13.0. The summed E-state index contributed by atoms with van der Waals surface area (Å²) in [6.07, 6.45) is -2.43. The fourth-order valence-electron chi connectivity index (χ4n) is 3.78. The summed E-state index contributed by atoms with van der Waals surface area (Å²) in [7, 11) is 0. The minimum Gasteiger partial charge on any atom is -0.343 e. The van der Waals surface area contributed by atoms with Crippen LogP contribution in [0.5, 0.6) is 0 Å². The Kier molecular flexibility index (Phi) is 5.73. The summed E-state index contributed by atoms with van der Waals surface area (Å²) in [5, 5.41) is 6.66. The van der Waals surface area contributed by atoms with Crippen molar-refractivity contribution in [2.45, 2.75) is 26.1 Å². The Bertz CT molecular complexity index is 1170. The predicted molar refractivity (Wildman–Crippen MR) is 111 cm³/mol. The van der Waals surface area contributed by atoms with Gasteiger partial charge >= 0.3 is 6.18 Å². The molecule has 166 valence electrons. The smallest absolute Gasteiger partial charge is 0.343 e. The summed E-state index contributed by atoms with van der Waals surface area (Å²) < 4.78 is 40.3. The van der Waals surface area contributed by atoms with Crippen LogP contribution in [0, 0.1) is 6.92 Å². The van der Waals surface area contributed by atoms with Gasteiger partial charge in [0.05, 0.1) is 35.2 Å². The molecule has 2 heterocycles. The van der Waals surface area contributed by atoms with Gasteiger partial charge in [-0.1, -0.05) is 30.3 Å². The predicted octanol–water partition coefficient (Wildman–Crippen LogP) is 3.51. The van der Waals surface area contributed by atoms with Crippen molar-refractivity contribution in [3.8, 4) is 5.69 Å². The van der Waals surface area contributed by atoms with E-state index in [1.807, 2.05) is 24.3 Å². The Morgan fingerprint density at radius 3 is 2.59 bits per heavy atom. The number of amides is 2. The van der Waals surface area contributed by atoms with E-state index in [1.54, 1.807) is 11.8 Å². The van der Waals surface area contributed by atoms with E-state index in [1.165, 1.54) is 28.6 Å². The van der Waals surface area contributed by atoms with Crippen molar-refractivity contribution in [2.75, 3.05) is 13.1 Å². The van der Waals surface area contributed by atoms with Gasteiger partial charge in [-0.05, 0) is 42.7 Å². The van der Waals surface area contributed by atoms with E-state index in [2.05, 4.69) is 10.4 Å². The zero-order chi connectivity index (χ0) is 22.9. The number of rotatable bonds is 4. The second kappa shape index (κ2) is 8.49. The number of nitrogens with one attached hydrogen (secondary N) is 1. The molecule has 1 N–H and O–H groups in total. The molecule has 6 nitrogen and oxygen atoms in total. The average molecular weight is 442 g/mol. The van der Waals surface area contributed by atoms with Crippen molar-refractivity contribution >= 4 is 11.8 Å². The standard InChI is InChI=1S/C23H21F3N4O2/c1-15-20(12-28-30(15)19-8-4-7-18(11-19)23(24,25)26)22(32)27-13-21(31)29-10-9-16-5-2-3-6-17(16)14-29/h2-8,11-12H,9-10,13-14H2,1H3,(H,27,32). The summed E-state index contributed by atoms with van der Waals surface area (Å²) in [6.45, 7) is 2.50. The second-order valence-electron chi connectivity index (χ2n) is 7.62. The Balaban J connectivity index is 1.42. The minimum absolute atomic E-state index is 0.171. The third-order valence-electron chi connectivity index (χ3n) is 5.56. The highest BCUT2D eigenvalue weighted by molar-refractivity contribution is 5.97. The first-order chi connectivity index (χ1) is 15.2. The molecule has 0 unspecified atom stereocenters. The second-order valence-corrected chi connectivity index (χ2v) is 7.62. The van der Waals surface area contributed by atoms with Crippen LogP contribution in [0.1, 0.15) is 32.7 Å². The molecule has 0 spiro atoms. The number of nitrogens with zero attached hydrogens (tertiary/aromatic N) is 3. The molecule has 0 saturated heterocycles. The van der Waals surface area contributed by atoms with Crippen molar-refractivity contribution in [1.82, 2.24) is 20.0 Å². The van der Waals surface area contributed by atoms with E-state index >= 15 is 0 Å². The zero-order valence-electron chi connectivity index (χ0n) is 17.3. The SMILES string of the molecule is Cc1c(C(=O)NCC(=O)N2CCc3ccccc3C2)cnn1-c1cccc(C(F)(F)F)c1. The number of carbonyl (C=O) groups is 2. The van der Waals surface area contributed by atoms with E-state index in [0.29, 0.717) is 18.8 Å². The van der Waals surface area contributed by atoms with Crippen molar-refractivity contribution in [2.24, 2.45) is 0 Å². The fraction of sp³-hybridized carbons (Fsp3) is 0.261. The zero-order valence-corrected chi connectivity index (χ0v) is 17.3. The quantitative estimate of drug-likeness (QED) is 0.673. The van der Waals surface area contributed by atoms with Gasteiger partial charge in [0.1, 0.15) is 0 Å². The van der Waals surface area contributed by atoms with E-state index < -0.39 is 17.6 Å². The molecular formula is C23H21F3N4O2. The number of hydrogen-bond acceptors (Lipinski definition) is 3. The Morgan fingerprint density at radius 1 is 1.09 bits per heavy atom. The molecule has 0 saturated carbocycles. The molecule has 9 heteroatoms. The third kappa shape index (κ3) is 4.37. The molecule has 1 aliphatic heterocycles. The molecule has 2 amide bonds. The minimum atomic E-state index is -4.48. The van der Waals surface area contributed by atoms with Crippen molar-refractivity contribution in [1.29, 1.82) is 0 Å². The summed E-state index contributed by atoms with van der Waals surface area (Å²) >= 11 is 0. The van der Waals surface area contributed by atoms with E-state index in [-0.39, 0.29) is 23.7 Å². The number of fused-ring (bicyclic) bond motifs is 1. The first-order valence-electron chi connectivity index (χ1n) is 10.1. The van der Waals surface area contributed by atoms with Crippen LogP contribution in [-0.2, 0) is 23.9 Å². The number of halogens is 3. The Morgan fingerprint density at radius 2 is 1.84 bits per heavy atom. The lowest BCUT2D eigenvalue weighted by Gasteiger charge is -2.29. The van der Waals surface area contributed by atoms with Crippen LogP contribution in [-0.4, -0.2) is 39.6 Å². The van der Waals surface area contributed by atoms with Gasteiger partial charge in [0, 0.05) is 13.1 Å². The van der Waals surface area contributed by atoms with Crippen molar-refractivity contribution in [3.63, 3.8) is 0 Å². The first-order valence-corrected chi connectivity index (χ1v) is 10.1.